The fourth-order valence-electron chi connectivity index (χ4n) is 7.61. The van der Waals surface area contributed by atoms with Crippen molar-refractivity contribution in [1.82, 2.24) is 25.8 Å². The number of carbonyl (C=O) groups excluding carboxylic acids is 3. The van der Waals surface area contributed by atoms with E-state index in [0.717, 1.165) is 42.9 Å². The van der Waals surface area contributed by atoms with Gasteiger partial charge in [-0.2, -0.15) is 0 Å². The molecule has 3 amide bonds. The Labute approximate surface area is 308 Å². The molecule has 1 saturated carbocycles. The number of hydrogen-bond acceptors (Lipinski definition) is 8. The minimum atomic E-state index is -3.89. The van der Waals surface area contributed by atoms with Crippen molar-refractivity contribution >= 4 is 38.5 Å². The number of benzene rings is 2. The number of piperidine rings is 1. The molecule has 282 valence electrons. The van der Waals surface area contributed by atoms with Gasteiger partial charge in [-0.3, -0.25) is 24.3 Å². The van der Waals surface area contributed by atoms with Crippen LogP contribution in [0.5, 0.6) is 0 Å². The molecule has 5 rings (SSSR count). The normalized spacial score (nSPS) is 21.7. The average molecular weight is 734 g/mol. The van der Waals surface area contributed by atoms with Crippen LogP contribution in [0.1, 0.15) is 82.6 Å². The lowest BCUT2D eigenvalue weighted by Crippen LogP contribution is -2.64. The summed E-state index contributed by atoms with van der Waals surface area (Å²) >= 11 is 0. The molecule has 3 aromatic rings. The van der Waals surface area contributed by atoms with E-state index in [4.69, 9.17) is 0 Å². The number of carbonyl (C=O) groups is 3. The third-order valence-corrected chi connectivity index (χ3v) is 13.0. The van der Waals surface area contributed by atoms with Crippen LogP contribution in [0.25, 0.3) is 10.9 Å². The Kier molecular flexibility index (Phi) is 12.1. The quantitative estimate of drug-likeness (QED) is 0.217. The molecule has 6 unspecified atom stereocenters. The van der Waals surface area contributed by atoms with Crippen LogP contribution in [0.4, 0.5) is 0 Å². The summed E-state index contributed by atoms with van der Waals surface area (Å²) in [6.45, 7) is 9.46. The Morgan fingerprint density at radius 3 is 2.31 bits per heavy atom. The molecule has 11 nitrogen and oxygen atoms in total. The topological polar surface area (TPSA) is 158 Å². The zero-order valence-electron chi connectivity index (χ0n) is 31.3. The van der Waals surface area contributed by atoms with Crippen LogP contribution in [0.15, 0.2) is 66.9 Å². The predicted molar refractivity (Wildman–Crippen MR) is 203 cm³/mol. The van der Waals surface area contributed by atoms with Gasteiger partial charge in [-0.05, 0) is 95.5 Å². The Hall–Kier alpha value is -3.87. The first kappa shape index (κ1) is 39.3. The summed E-state index contributed by atoms with van der Waals surface area (Å²) in [6, 6.07) is 15.1. The molecule has 0 bridgehead atoms. The van der Waals surface area contributed by atoms with Gasteiger partial charge in [0.05, 0.1) is 28.5 Å². The molecular weight excluding hydrogens is 679 g/mol. The van der Waals surface area contributed by atoms with Gasteiger partial charge in [0.1, 0.15) is 6.04 Å². The maximum atomic E-state index is 14.3. The summed E-state index contributed by atoms with van der Waals surface area (Å²) in [6.07, 6.45) is 6.97. The molecule has 2 heterocycles. The molecule has 6 atom stereocenters. The molecule has 2 aliphatic rings. The Morgan fingerprint density at radius 2 is 1.63 bits per heavy atom. The van der Waals surface area contributed by atoms with Gasteiger partial charge in [-0.1, -0.05) is 55.7 Å². The van der Waals surface area contributed by atoms with Gasteiger partial charge in [-0.25, -0.2) is 8.42 Å². The third kappa shape index (κ3) is 9.56. The second-order valence-electron chi connectivity index (χ2n) is 16.3. The first-order valence-electron chi connectivity index (χ1n) is 18.4. The van der Waals surface area contributed by atoms with Crippen LogP contribution in [0.2, 0.25) is 0 Å². The largest absolute Gasteiger partial charge is 0.390 e. The number of hydrogen-bond donors (Lipinski definition) is 4. The van der Waals surface area contributed by atoms with Gasteiger partial charge in [-0.15, -0.1) is 0 Å². The average Bonchev–Trinajstić information content (AvgIpc) is 3.08. The summed E-state index contributed by atoms with van der Waals surface area (Å²) in [5, 5.41) is 21.5. The maximum absolute atomic E-state index is 14.3. The van der Waals surface area contributed by atoms with Crippen LogP contribution < -0.4 is 16.0 Å². The molecule has 12 heteroatoms. The zero-order chi connectivity index (χ0) is 37.8. The molecule has 2 fully saturated rings. The minimum Gasteiger partial charge on any atom is -0.390 e. The SMILES string of the molecule is CC(C)(C)NC(=O)C1CC2CCCCC2CN1CC(O)C(Cc1ccccc1)NC(=O)C(NC(=O)c1ccc2ncccc2c1)C(C)(C)S(C)(=O)=O. The number of fused-ring (bicyclic) bond motifs is 2. The van der Waals surface area contributed by atoms with Gasteiger partial charge in [0, 0.05) is 42.0 Å². The number of aromatic nitrogens is 1. The van der Waals surface area contributed by atoms with Crippen LogP contribution in [0, 0.1) is 11.8 Å². The molecule has 52 heavy (non-hydrogen) atoms. The van der Waals surface area contributed by atoms with Crippen LogP contribution in [0.3, 0.4) is 0 Å². The van der Waals surface area contributed by atoms with Gasteiger partial charge < -0.3 is 21.1 Å². The molecule has 4 N–H and O–H groups in total. The van der Waals surface area contributed by atoms with E-state index in [9.17, 15) is 27.9 Å². The van der Waals surface area contributed by atoms with Crippen LogP contribution in [-0.2, 0) is 25.8 Å². The fraction of sp³-hybridized carbons (Fsp3) is 0.550. The smallest absolute Gasteiger partial charge is 0.251 e. The van der Waals surface area contributed by atoms with Gasteiger partial charge in [0.25, 0.3) is 5.91 Å². The number of nitrogens with zero attached hydrogens (tertiary/aromatic N) is 2. The lowest BCUT2D eigenvalue weighted by atomic mass is 9.72. The van der Waals surface area contributed by atoms with Crippen molar-refractivity contribution in [2.75, 3.05) is 19.3 Å². The van der Waals surface area contributed by atoms with Gasteiger partial charge in [0.2, 0.25) is 11.8 Å². The molecule has 0 spiro atoms. The van der Waals surface area contributed by atoms with E-state index in [1.165, 1.54) is 13.8 Å². The minimum absolute atomic E-state index is 0.0745. The van der Waals surface area contributed by atoms with E-state index in [-0.39, 0.29) is 24.4 Å². The lowest BCUT2D eigenvalue weighted by molar-refractivity contribution is -0.133. The first-order valence-corrected chi connectivity index (χ1v) is 20.3. The molecule has 0 radical (unpaired) electrons. The molecule has 1 aliphatic carbocycles. The summed E-state index contributed by atoms with van der Waals surface area (Å²) in [7, 11) is -3.89. The van der Waals surface area contributed by atoms with Crippen molar-refractivity contribution in [1.29, 1.82) is 0 Å². The predicted octanol–water partition coefficient (Wildman–Crippen LogP) is 4.04. The van der Waals surface area contributed by atoms with E-state index >= 15 is 0 Å². The summed E-state index contributed by atoms with van der Waals surface area (Å²) in [5.41, 5.74) is 1.36. The maximum Gasteiger partial charge on any atom is 0.251 e. The van der Waals surface area contributed by atoms with E-state index in [1.54, 1.807) is 30.5 Å². The van der Waals surface area contributed by atoms with Crippen molar-refractivity contribution in [3.63, 3.8) is 0 Å². The molecule has 1 aromatic heterocycles. The Bertz CT molecular complexity index is 1840. The molecule has 1 saturated heterocycles. The van der Waals surface area contributed by atoms with Gasteiger partial charge in [0.15, 0.2) is 9.84 Å². The summed E-state index contributed by atoms with van der Waals surface area (Å²) in [5.74, 6) is -0.568. The van der Waals surface area contributed by atoms with Crippen molar-refractivity contribution in [3.05, 3.63) is 78.0 Å². The standard InChI is InChI=1S/C40H55N5O6S/c1-39(2,3)44-37(48)33-23-27-15-10-11-16-30(27)24-45(33)25-34(46)32(21-26-13-8-7-9-14-26)42-38(49)35(40(4,5)52(6,50)51)43-36(47)29-18-19-31-28(22-29)17-12-20-41-31/h7-9,12-14,17-20,22,27,30,32-35,46H,10-11,15-16,21,23-25H2,1-6H3,(H,42,49)(H,43,47)(H,44,48). The Morgan fingerprint density at radius 1 is 0.942 bits per heavy atom. The number of pyridine rings is 1. The number of likely N-dealkylation sites (tertiary alicyclic amines) is 1. The number of β-amino-alcohol motifs (C(OH)–C–C–N with tert-alkyl or cyclic N) is 1. The van der Waals surface area contributed by atoms with Crippen LogP contribution in [-0.4, -0.2) is 95.0 Å². The number of amides is 3. The van der Waals surface area contributed by atoms with E-state index in [0.29, 0.717) is 30.3 Å². The van der Waals surface area contributed by atoms with Crippen molar-refractivity contribution < 1.29 is 27.9 Å². The molecular formula is C40H55N5O6S. The van der Waals surface area contributed by atoms with Crippen molar-refractivity contribution in [2.45, 2.75) is 108 Å². The highest BCUT2D eigenvalue weighted by Gasteiger charge is 2.46. The number of nitrogens with one attached hydrogen (secondary N) is 3. The number of aliphatic hydroxyl groups excluding tert-OH is 1. The molecule has 2 aromatic carbocycles. The zero-order valence-corrected chi connectivity index (χ0v) is 32.1. The lowest BCUT2D eigenvalue weighted by Gasteiger charge is -2.47. The highest BCUT2D eigenvalue weighted by Crippen LogP contribution is 2.39. The second kappa shape index (κ2) is 16.0. The monoisotopic (exact) mass is 733 g/mol. The number of rotatable bonds is 12. The van der Waals surface area contributed by atoms with Crippen LogP contribution >= 0.6 is 0 Å². The number of sulfone groups is 1. The first-order chi connectivity index (χ1) is 24.4. The fourth-order valence-corrected chi connectivity index (χ4v) is 8.21. The third-order valence-electron chi connectivity index (χ3n) is 10.9. The summed E-state index contributed by atoms with van der Waals surface area (Å²) in [4.78, 5) is 48.1. The summed E-state index contributed by atoms with van der Waals surface area (Å²) < 4.78 is 24.6. The number of aliphatic hydroxyl groups is 1. The Balaban J connectivity index is 1.43. The highest BCUT2D eigenvalue weighted by atomic mass is 32.2. The highest BCUT2D eigenvalue weighted by molar-refractivity contribution is 7.92. The van der Waals surface area contributed by atoms with Crippen molar-refractivity contribution in [3.8, 4) is 0 Å². The van der Waals surface area contributed by atoms with Crippen molar-refractivity contribution in [2.24, 2.45) is 11.8 Å². The molecule has 1 aliphatic heterocycles. The van der Waals surface area contributed by atoms with Gasteiger partial charge >= 0.3 is 0 Å². The van der Waals surface area contributed by atoms with E-state index in [1.807, 2.05) is 57.2 Å². The van der Waals surface area contributed by atoms with E-state index < -0.39 is 56.2 Å². The van der Waals surface area contributed by atoms with E-state index in [2.05, 4.69) is 25.8 Å². The second-order valence-corrected chi connectivity index (χ2v) is 18.9.